The second-order valence-electron chi connectivity index (χ2n) is 6.92. The van der Waals surface area contributed by atoms with Crippen molar-refractivity contribution in [3.63, 3.8) is 0 Å². The molecule has 0 saturated heterocycles. The zero-order chi connectivity index (χ0) is 20.2. The number of rotatable bonds is 7. The minimum atomic E-state index is 0.0472. The summed E-state index contributed by atoms with van der Waals surface area (Å²) in [6.07, 6.45) is 0.946. The van der Waals surface area contributed by atoms with Gasteiger partial charge in [0.1, 0.15) is 5.75 Å². The predicted molar refractivity (Wildman–Crippen MR) is 126 cm³/mol. The number of aryl methyl sites for hydroxylation is 1. The van der Waals surface area contributed by atoms with E-state index >= 15 is 0 Å². The Hall–Kier alpha value is -2.43. The van der Waals surface area contributed by atoms with Gasteiger partial charge in [-0.2, -0.15) is 0 Å². The topological polar surface area (TPSA) is 26.3 Å². The molecule has 4 rings (SSSR count). The summed E-state index contributed by atoms with van der Waals surface area (Å²) in [6.45, 7) is 2.74. The summed E-state index contributed by atoms with van der Waals surface area (Å²) in [5.74, 6) is 0.836. The Labute approximate surface area is 183 Å². The summed E-state index contributed by atoms with van der Waals surface area (Å²) in [6, 6.07) is 23.9. The van der Waals surface area contributed by atoms with Gasteiger partial charge < -0.3 is 4.74 Å². The molecular weight excluding hydrogens is 444 g/mol. The Morgan fingerprint density at radius 3 is 2.48 bits per heavy atom. The first-order valence-electron chi connectivity index (χ1n) is 9.59. The maximum absolute atomic E-state index is 13.5. The molecule has 0 unspecified atom stereocenters. The van der Waals surface area contributed by atoms with Crippen molar-refractivity contribution in [2.24, 2.45) is 0 Å². The number of fused-ring (bicyclic) bond motifs is 1. The lowest BCUT2D eigenvalue weighted by atomic mass is 9.97. The first-order chi connectivity index (χ1) is 14.2. The Morgan fingerprint density at radius 2 is 1.76 bits per heavy atom. The first-order valence-corrected chi connectivity index (χ1v) is 11.5. The van der Waals surface area contributed by atoms with Gasteiger partial charge in [0.15, 0.2) is 5.78 Å². The number of halogens is 1. The lowest BCUT2D eigenvalue weighted by Crippen LogP contribution is -2.03. The van der Waals surface area contributed by atoms with Gasteiger partial charge in [-0.3, -0.25) is 4.79 Å². The molecule has 2 nitrogen and oxygen atoms in total. The van der Waals surface area contributed by atoms with Crippen LogP contribution in [-0.2, 0) is 0 Å². The fourth-order valence-corrected chi connectivity index (χ4v) is 4.85. The van der Waals surface area contributed by atoms with Crippen molar-refractivity contribution in [1.82, 2.24) is 0 Å². The third-order valence-corrected chi connectivity index (χ3v) is 6.53. The van der Waals surface area contributed by atoms with Gasteiger partial charge in [-0.25, -0.2) is 0 Å². The Morgan fingerprint density at radius 1 is 1.00 bits per heavy atom. The van der Waals surface area contributed by atoms with E-state index in [9.17, 15) is 4.79 Å². The van der Waals surface area contributed by atoms with Crippen LogP contribution in [0.3, 0.4) is 0 Å². The summed E-state index contributed by atoms with van der Waals surface area (Å²) >= 11 is 5.08. The Kier molecular flexibility index (Phi) is 6.12. The van der Waals surface area contributed by atoms with Crippen LogP contribution in [0.5, 0.6) is 5.75 Å². The van der Waals surface area contributed by atoms with E-state index in [1.54, 1.807) is 11.3 Å². The molecule has 0 N–H and O–H groups in total. The highest BCUT2D eigenvalue weighted by atomic mass is 79.9. The normalized spacial score (nSPS) is 11.0. The molecule has 4 heteroatoms. The van der Waals surface area contributed by atoms with E-state index < -0.39 is 0 Å². The molecule has 1 heterocycles. The fraction of sp³-hybridized carbons (Fsp3) is 0.160. The van der Waals surface area contributed by atoms with Gasteiger partial charge in [-0.05, 0) is 54.8 Å². The van der Waals surface area contributed by atoms with Crippen molar-refractivity contribution in [1.29, 1.82) is 0 Å². The van der Waals surface area contributed by atoms with Gasteiger partial charge in [0, 0.05) is 31.4 Å². The molecule has 0 amide bonds. The first kappa shape index (κ1) is 19.9. The van der Waals surface area contributed by atoms with Crippen LogP contribution in [0.1, 0.15) is 27.9 Å². The number of benzene rings is 3. The molecular formula is C25H21BrO2S. The molecule has 146 valence electrons. The van der Waals surface area contributed by atoms with Crippen LogP contribution in [-0.4, -0.2) is 17.7 Å². The van der Waals surface area contributed by atoms with Crippen molar-refractivity contribution >= 4 is 43.1 Å². The van der Waals surface area contributed by atoms with Crippen molar-refractivity contribution in [3.8, 4) is 16.2 Å². The number of carbonyl (C=O) groups excluding carboxylic acids is 1. The predicted octanol–water partition coefficient (Wildman–Crippen LogP) is 7.27. The third-order valence-electron chi connectivity index (χ3n) is 4.77. The van der Waals surface area contributed by atoms with Gasteiger partial charge in [-0.1, -0.05) is 58.4 Å². The second kappa shape index (κ2) is 8.93. The maximum Gasteiger partial charge on any atom is 0.195 e. The van der Waals surface area contributed by atoms with Gasteiger partial charge in [-0.15, -0.1) is 11.3 Å². The molecule has 0 aliphatic carbocycles. The molecule has 0 aliphatic rings. The van der Waals surface area contributed by atoms with E-state index in [2.05, 4.69) is 53.2 Å². The number of alkyl halides is 1. The average molecular weight is 465 g/mol. The van der Waals surface area contributed by atoms with Gasteiger partial charge in [0.25, 0.3) is 0 Å². The zero-order valence-corrected chi connectivity index (χ0v) is 18.6. The number of thiophene rings is 1. The van der Waals surface area contributed by atoms with E-state index in [0.29, 0.717) is 12.2 Å². The molecule has 0 fully saturated rings. The lowest BCUT2D eigenvalue weighted by Gasteiger charge is -2.08. The zero-order valence-electron chi connectivity index (χ0n) is 16.2. The molecule has 0 spiro atoms. The van der Waals surface area contributed by atoms with Crippen LogP contribution >= 0.6 is 27.3 Å². The van der Waals surface area contributed by atoms with Crippen molar-refractivity contribution in [3.05, 3.63) is 89.5 Å². The number of ether oxygens (including phenoxy) is 1. The van der Waals surface area contributed by atoms with Crippen LogP contribution in [0.25, 0.3) is 20.5 Å². The van der Waals surface area contributed by atoms with Crippen LogP contribution in [0.15, 0.2) is 72.8 Å². The molecule has 0 bridgehead atoms. The van der Waals surface area contributed by atoms with Crippen LogP contribution in [0.2, 0.25) is 0 Å². The molecule has 0 atom stereocenters. The fourth-order valence-electron chi connectivity index (χ4n) is 3.31. The van der Waals surface area contributed by atoms with Crippen molar-refractivity contribution < 1.29 is 9.53 Å². The largest absolute Gasteiger partial charge is 0.494 e. The van der Waals surface area contributed by atoms with Crippen molar-refractivity contribution in [2.45, 2.75) is 13.3 Å². The van der Waals surface area contributed by atoms with Crippen LogP contribution in [0.4, 0.5) is 0 Å². The summed E-state index contributed by atoms with van der Waals surface area (Å²) in [7, 11) is 0. The van der Waals surface area contributed by atoms with E-state index in [-0.39, 0.29) is 5.78 Å². The van der Waals surface area contributed by atoms with E-state index in [1.165, 1.54) is 5.56 Å². The highest BCUT2D eigenvalue weighted by molar-refractivity contribution is 9.09. The molecule has 29 heavy (non-hydrogen) atoms. The third kappa shape index (κ3) is 4.29. The van der Waals surface area contributed by atoms with Gasteiger partial charge in [0.05, 0.1) is 6.61 Å². The maximum atomic E-state index is 13.5. The molecule has 0 radical (unpaired) electrons. The molecule has 0 aliphatic heterocycles. The van der Waals surface area contributed by atoms with Gasteiger partial charge >= 0.3 is 0 Å². The van der Waals surface area contributed by atoms with Gasteiger partial charge in [0.2, 0.25) is 0 Å². The molecule has 3 aromatic carbocycles. The van der Waals surface area contributed by atoms with E-state index in [4.69, 9.17) is 4.74 Å². The molecule has 1 aromatic heterocycles. The van der Waals surface area contributed by atoms with E-state index in [0.717, 1.165) is 43.6 Å². The minimum absolute atomic E-state index is 0.0472. The summed E-state index contributed by atoms with van der Waals surface area (Å²) in [5.41, 5.74) is 3.73. The summed E-state index contributed by atoms with van der Waals surface area (Å²) in [5, 5.41) is 1.93. The van der Waals surface area contributed by atoms with E-state index in [1.807, 2.05) is 42.5 Å². The van der Waals surface area contributed by atoms with Crippen LogP contribution < -0.4 is 4.74 Å². The SMILES string of the molecule is Cc1ccc2c(C(=O)c3ccc(OCCCBr)cc3)c(-c3ccccc3)sc2c1. The lowest BCUT2D eigenvalue weighted by molar-refractivity contribution is 0.104. The number of ketones is 1. The second-order valence-corrected chi connectivity index (χ2v) is 8.76. The average Bonchev–Trinajstić information content (AvgIpc) is 3.13. The highest BCUT2D eigenvalue weighted by Gasteiger charge is 2.21. The summed E-state index contributed by atoms with van der Waals surface area (Å²) < 4.78 is 6.85. The molecule has 0 saturated carbocycles. The monoisotopic (exact) mass is 464 g/mol. The van der Waals surface area contributed by atoms with Crippen molar-refractivity contribution in [2.75, 3.05) is 11.9 Å². The Bertz CT molecular complexity index is 1130. The number of hydrogen-bond donors (Lipinski definition) is 0. The Balaban J connectivity index is 1.75. The highest BCUT2D eigenvalue weighted by Crippen LogP contribution is 2.40. The number of carbonyl (C=O) groups is 1. The molecule has 4 aromatic rings. The smallest absolute Gasteiger partial charge is 0.195 e. The number of hydrogen-bond acceptors (Lipinski definition) is 3. The minimum Gasteiger partial charge on any atom is -0.494 e. The standard InChI is InChI=1S/C25H21BrO2S/c1-17-8-13-21-22(16-17)29-25(19-6-3-2-4-7-19)23(21)24(27)18-9-11-20(12-10-18)28-15-5-14-26/h2-4,6-13,16H,5,14-15H2,1H3. The van der Waals surface area contributed by atoms with Crippen LogP contribution in [0, 0.1) is 6.92 Å². The summed E-state index contributed by atoms with van der Waals surface area (Å²) in [4.78, 5) is 14.6. The quantitative estimate of drug-likeness (QED) is 0.163.